The fourth-order valence-electron chi connectivity index (χ4n) is 4.03. The fraction of sp³-hybridized carbons (Fsp3) is 0.500. The predicted molar refractivity (Wildman–Crippen MR) is 114 cm³/mol. The van der Waals surface area contributed by atoms with Gasteiger partial charge in [-0.3, -0.25) is 0 Å². The average molecular weight is 439 g/mol. The van der Waals surface area contributed by atoms with Gasteiger partial charge in [-0.25, -0.2) is 8.78 Å². The third kappa shape index (κ3) is 5.93. The number of rotatable bonds is 12. The molecule has 2 aromatic rings. The minimum atomic E-state index is -0.795. The van der Waals surface area contributed by atoms with Crippen LogP contribution in [0.5, 0.6) is 11.5 Å². The van der Waals surface area contributed by atoms with Gasteiger partial charge in [0, 0.05) is 52.4 Å². The quantitative estimate of drug-likeness (QED) is 0.436. The van der Waals surface area contributed by atoms with Crippen molar-refractivity contribution in [2.24, 2.45) is 0 Å². The van der Waals surface area contributed by atoms with Crippen molar-refractivity contribution in [2.75, 3.05) is 27.4 Å². The number of halogens is 2. The molecule has 0 spiro atoms. The molecule has 2 rings (SSSR count). The molecule has 0 saturated carbocycles. The maximum Gasteiger partial charge on any atom is 0.127 e. The first kappa shape index (κ1) is 25.0. The molecule has 0 saturated heterocycles. The van der Waals surface area contributed by atoms with Crippen LogP contribution in [0.15, 0.2) is 36.4 Å². The zero-order valence-corrected chi connectivity index (χ0v) is 18.6. The molecule has 172 valence electrons. The molecule has 0 aliphatic heterocycles. The molecule has 2 aromatic carbocycles. The van der Waals surface area contributed by atoms with Crippen LogP contribution >= 0.6 is 0 Å². The molecule has 0 aliphatic carbocycles. The highest BCUT2D eigenvalue weighted by Crippen LogP contribution is 2.37. The Labute approximate surface area is 182 Å². The van der Waals surface area contributed by atoms with Gasteiger partial charge in [-0.05, 0) is 48.2 Å². The lowest BCUT2D eigenvalue weighted by Crippen LogP contribution is -2.31. The van der Waals surface area contributed by atoms with Gasteiger partial charge in [-0.2, -0.15) is 0 Å². The van der Waals surface area contributed by atoms with Crippen LogP contribution in [0.25, 0.3) is 0 Å². The van der Waals surface area contributed by atoms with E-state index in [1.54, 1.807) is 14.2 Å². The van der Waals surface area contributed by atoms with Crippen LogP contribution in [0.4, 0.5) is 8.78 Å². The molecule has 31 heavy (non-hydrogen) atoms. The number of phenolic OH excluding ortho intramolecular Hbond substituents is 2. The Morgan fingerprint density at radius 3 is 1.39 bits per heavy atom. The Morgan fingerprint density at radius 2 is 1.10 bits per heavy atom. The van der Waals surface area contributed by atoms with Gasteiger partial charge in [0.2, 0.25) is 0 Å². The van der Waals surface area contributed by atoms with Crippen molar-refractivity contribution < 1.29 is 33.2 Å². The zero-order chi connectivity index (χ0) is 23.1. The van der Waals surface area contributed by atoms with Crippen LogP contribution in [0.2, 0.25) is 0 Å². The molecule has 0 heterocycles. The van der Waals surface area contributed by atoms with E-state index in [2.05, 4.69) is 0 Å². The van der Waals surface area contributed by atoms with Gasteiger partial charge in [0.15, 0.2) is 0 Å². The van der Waals surface area contributed by atoms with E-state index in [9.17, 15) is 19.0 Å². The Balaban J connectivity index is 2.05. The van der Waals surface area contributed by atoms with Gasteiger partial charge in [-0.15, -0.1) is 0 Å². The average Bonchev–Trinajstić information content (AvgIpc) is 2.73. The highest BCUT2D eigenvalue weighted by molar-refractivity contribution is 5.33. The summed E-state index contributed by atoms with van der Waals surface area (Å²) in [6.07, 6.45) is 2.04. The summed E-state index contributed by atoms with van der Waals surface area (Å²) in [4.78, 5) is 0. The summed E-state index contributed by atoms with van der Waals surface area (Å²) in [6.45, 7) is 4.51. The van der Waals surface area contributed by atoms with E-state index in [0.29, 0.717) is 50.0 Å². The Morgan fingerprint density at radius 1 is 0.710 bits per heavy atom. The van der Waals surface area contributed by atoms with Crippen molar-refractivity contribution in [3.8, 4) is 11.5 Å². The number of phenols is 2. The second-order valence-electron chi connectivity index (χ2n) is 7.61. The second kappa shape index (κ2) is 10.9. The summed E-state index contributed by atoms with van der Waals surface area (Å²) in [7, 11) is 3.10. The van der Waals surface area contributed by atoms with E-state index in [4.69, 9.17) is 14.2 Å². The van der Waals surface area contributed by atoms with E-state index < -0.39 is 22.8 Å². The predicted octanol–water partition coefficient (Wildman–Crippen LogP) is 5.38. The lowest BCUT2D eigenvalue weighted by molar-refractivity contribution is -0.0644. The first-order valence-electron chi connectivity index (χ1n) is 10.4. The summed E-state index contributed by atoms with van der Waals surface area (Å²) >= 11 is 0. The Kier molecular flexibility index (Phi) is 8.79. The second-order valence-corrected chi connectivity index (χ2v) is 7.61. The summed E-state index contributed by atoms with van der Waals surface area (Å²) in [5, 5.41) is 19.5. The van der Waals surface area contributed by atoms with Gasteiger partial charge < -0.3 is 24.4 Å². The largest absolute Gasteiger partial charge is 0.508 e. The number of hydrogen-bond acceptors (Lipinski definition) is 5. The van der Waals surface area contributed by atoms with Gasteiger partial charge in [0.05, 0.1) is 11.2 Å². The van der Waals surface area contributed by atoms with E-state index in [0.717, 1.165) is 12.1 Å². The summed E-state index contributed by atoms with van der Waals surface area (Å²) in [5.41, 5.74) is -0.490. The van der Waals surface area contributed by atoms with E-state index in [-0.39, 0.29) is 11.5 Å². The van der Waals surface area contributed by atoms with Gasteiger partial charge in [0.1, 0.15) is 23.1 Å². The van der Waals surface area contributed by atoms with Crippen LogP contribution in [0, 0.1) is 11.6 Å². The highest BCUT2D eigenvalue weighted by atomic mass is 19.1. The lowest BCUT2D eigenvalue weighted by atomic mass is 9.87. The topological polar surface area (TPSA) is 68.2 Å². The van der Waals surface area contributed by atoms with E-state index in [1.807, 2.05) is 13.8 Å². The van der Waals surface area contributed by atoms with E-state index in [1.165, 1.54) is 24.3 Å². The lowest BCUT2D eigenvalue weighted by Gasteiger charge is -2.33. The molecular weight excluding hydrogens is 406 g/mol. The zero-order valence-electron chi connectivity index (χ0n) is 18.6. The molecule has 7 heteroatoms. The van der Waals surface area contributed by atoms with Crippen molar-refractivity contribution in [2.45, 2.75) is 50.7 Å². The minimum absolute atomic E-state index is 0.156. The normalized spacial score (nSPS) is 15.4. The van der Waals surface area contributed by atoms with Crippen molar-refractivity contribution in [1.29, 1.82) is 0 Å². The van der Waals surface area contributed by atoms with Crippen molar-refractivity contribution in [3.63, 3.8) is 0 Å². The van der Waals surface area contributed by atoms with Gasteiger partial charge in [-0.1, -0.05) is 13.8 Å². The van der Waals surface area contributed by atoms with Gasteiger partial charge in [0.25, 0.3) is 0 Å². The number of benzene rings is 2. The molecule has 0 aromatic heterocycles. The SMILES string of the molecule is CCC(CCOCCC(CC)(OC)c1cc(O)cc(F)c1)(OC)c1cc(O)cc(F)c1. The molecule has 2 N–H and O–H groups in total. The Bertz CT molecular complexity index is 738. The smallest absolute Gasteiger partial charge is 0.127 e. The van der Waals surface area contributed by atoms with Crippen molar-refractivity contribution in [1.82, 2.24) is 0 Å². The van der Waals surface area contributed by atoms with E-state index >= 15 is 0 Å². The van der Waals surface area contributed by atoms with Crippen LogP contribution in [0.1, 0.15) is 50.7 Å². The third-order valence-corrected chi connectivity index (χ3v) is 6.04. The highest BCUT2D eigenvalue weighted by Gasteiger charge is 2.33. The van der Waals surface area contributed by atoms with Crippen LogP contribution in [-0.4, -0.2) is 37.6 Å². The number of methoxy groups -OCH3 is 2. The van der Waals surface area contributed by atoms with Crippen LogP contribution in [0.3, 0.4) is 0 Å². The monoisotopic (exact) mass is 438 g/mol. The molecule has 0 bridgehead atoms. The summed E-state index contributed by atoms with van der Waals surface area (Å²) < 4.78 is 44.9. The first-order chi connectivity index (χ1) is 14.7. The molecule has 2 atom stereocenters. The number of hydrogen-bond donors (Lipinski definition) is 2. The minimum Gasteiger partial charge on any atom is -0.508 e. The molecular formula is C24H32F2O5. The number of ether oxygens (including phenoxy) is 3. The summed E-state index contributed by atoms with van der Waals surface area (Å²) in [6, 6.07) is 7.82. The molecule has 5 nitrogen and oxygen atoms in total. The van der Waals surface area contributed by atoms with Crippen molar-refractivity contribution in [3.05, 3.63) is 59.2 Å². The maximum atomic E-state index is 13.8. The third-order valence-electron chi connectivity index (χ3n) is 6.04. The standard InChI is InChI=1S/C24H32F2O5/c1-5-23(29-3,17-11-19(25)15-21(27)13-17)7-9-31-10-8-24(6-2,30-4)18-12-20(26)16-22(28)14-18/h11-16,27-28H,5-10H2,1-4H3. The summed E-state index contributed by atoms with van der Waals surface area (Å²) in [5.74, 6) is -1.37. The fourth-order valence-corrected chi connectivity index (χ4v) is 4.03. The van der Waals surface area contributed by atoms with Crippen molar-refractivity contribution >= 4 is 0 Å². The first-order valence-corrected chi connectivity index (χ1v) is 10.4. The maximum absolute atomic E-state index is 13.8. The van der Waals surface area contributed by atoms with Crippen LogP contribution in [-0.2, 0) is 25.4 Å². The number of aromatic hydroxyl groups is 2. The molecule has 0 radical (unpaired) electrons. The molecule has 0 amide bonds. The molecule has 0 fully saturated rings. The van der Waals surface area contributed by atoms with Crippen LogP contribution < -0.4 is 0 Å². The molecule has 2 unspecified atom stereocenters. The Hall–Kier alpha value is -2.22. The van der Waals surface area contributed by atoms with Gasteiger partial charge >= 0.3 is 0 Å². The molecule has 0 aliphatic rings.